The molecule has 5 rings (SSSR count). The summed E-state index contributed by atoms with van der Waals surface area (Å²) in [6.07, 6.45) is 12.1. The maximum atomic E-state index is 8.36. The molecule has 0 bridgehead atoms. The zero-order valence-electron chi connectivity index (χ0n) is 18.2. The first kappa shape index (κ1) is 21.6. The van der Waals surface area contributed by atoms with Crippen molar-refractivity contribution in [3.63, 3.8) is 0 Å². The Morgan fingerprint density at radius 2 is 1.81 bits per heavy atom. The van der Waals surface area contributed by atoms with E-state index in [-0.39, 0.29) is 6.47 Å². The minimum atomic E-state index is -0.250. The van der Waals surface area contributed by atoms with E-state index < -0.39 is 0 Å². The molecule has 3 heterocycles. The van der Waals surface area contributed by atoms with Crippen LogP contribution in [0.15, 0.2) is 43.0 Å². The zero-order valence-corrected chi connectivity index (χ0v) is 18.2. The number of methoxy groups -OCH3 is 1. The van der Waals surface area contributed by atoms with E-state index in [1.165, 1.54) is 69.5 Å². The Hall–Kier alpha value is -2.67. The number of piperidine rings is 1. The molecular formula is C24H32N4O3. The Labute approximate surface area is 184 Å². The van der Waals surface area contributed by atoms with Gasteiger partial charge in [-0.3, -0.25) is 4.79 Å². The van der Waals surface area contributed by atoms with Crippen LogP contribution < -0.4 is 9.64 Å². The van der Waals surface area contributed by atoms with Gasteiger partial charge in [0.25, 0.3) is 6.47 Å². The molecule has 3 fully saturated rings. The summed E-state index contributed by atoms with van der Waals surface area (Å²) in [5, 5.41) is 6.89. The van der Waals surface area contributed by atoms with Gasteiger partial charge in [-0.2, -0.15) is 0 Å². The van der Waals surface area contributed by atoms with E-state index in [4.69, 9.17) is 14.6 Å². The van der Waals surface area contributed by atoms with Crippen LogP contribution in [0.1, 0.15) is 43.6 Å². The number of hydrogen-bond donors (Lipinski definition) is 1. The molecule has 1 atom stereocenters. The molecule has 7 nitrogen and oxygen atoms in total. The van der Waals surface area contributed by atoms with Gasteiger partial charge >= 0.3 is 0 Å². The summed E-state index contributed by atoms with van der Waals surface area (Å²) >= 11 is 0. The average Bonchev–Trinajstić information content (AvgIpc) is 3.25. The first-order valence-corrected chi connectivity index (χ1v) is 11.1. The van der Waals surface area contributed by atoms with Crippen molar-refractivity contribution in [1.82, 2.24) is 14.9 Å². The molecule has 1 aromatic heterocycles. The van der Waals surface area contributed by atoms with Crippen molar-refractivity contribution < 1.29 is 14.6 Å². The number of rotatable bonds is 4. The van der Waals surface area contributed by atoms with E-state index in [0.29, 0.717) is 11.3 Å². The molecule has 0 unspecified atom stereocenters. The highest BCUT2D eigenvalue weighted by molar-refractivity contribution is 5.46. The van der Waals surface area contributed by atoms with Gasteiger partial charge in [0.1, 0.15) is 12.1 Å². The Balaban J connectivity index is 0.000000730. The maximum Gasteiger partial charge on any atom is 0.290 e. The first-order valence-electron chi connectivity index (χ1n) is 11.1. The second kappa shape index (κ2) is 9.64. The number of carboxylic acid groups (broad SMARTS) is 1. The van der Waals surface area contributed by atoms with Crippen LogP contribution in [-0.4, -0.2) is 65.8 Å². The van der Waals surface area contributed by atoms with Crippen molar-refractivity contribution in [3.8, 4) is 5.75 Å². The lowest BCUT2D eigenvalue weighted by atomic mass is 9.77. The minimum Gasteiger partial charge on any atom is -0.496 e. The van der Waals surface area contributed by atoms with E-state index in [1.807, 2.05) is 12.4 Å². The van der Waals surface area contributed by atoms with Gasteiger partial charge in [-0.25, -0.2) is 9.97 Å². The van der Waals surface area contributed by atoms with Crippen molar-refractivity contribution in [2.24, 2.45) is 5.41 Å². The summed E-state index contributed by atoms with van der Waals surface area (Å²) < 4.78 is 5.59. The summed E-state index contributed by atoms with van der Waals surface area (Å²) in [4.78, 5) is 21.9. The van der Waals surface area contributed by atoms with Crippen molar-refractivity contribution in [2.45, 2.75) is 44.1 Å². The Bertz CT molecular complexity index is 849. The third-order valence-electron chi connectivity index (χ3n) is 7.27. The molecule has 1 N–H and O–H groups in total. The Morgan fingerprint density at radius 1 is 1.13 bits per heavy atom. The van der Waals surface area contributed by atoms with E-state index in [2.05, 4.69) is 44.0 Å². The van der Waals surface area contributed by atoms with E-state index >= 15 is 0 Å². The predicted molar refractivity (Wildman–Crippen MR) is 120 cm³/mol. The van der Waals surface area contributed by atoms with Crippen LogP contribution in [0.25, 0.3) is 0 Å². The van der Waals surface area contributed by atoms with Gasteiger partial charge in [-0.05, 0) is 62.7 Å². The highest BCUT2D eigenvalue weighted by atomic mass is 16.5. The molecule has 2 aromatic rings. The van der Waals surface area contributed by atoms with E-state index in [1.54, 1.807) is 13.4 Å². The largest absolute Gasteiger partial charge is 0.496 e. The molecule has 1 spiro atoms. The second-order valence-electron chi connectivity index (χ2n) is 9.01. The van der Waals surface area contributed by atoms with Crippen molar-refractivity contribution in [1.29, 1.82) is 0 Å². The highest BCUT2D eigenvalue weighted by Gasteiger charge is 2.49. The average molecular weight is 425 g/mol. The van der Waals surface area contributed by atoms with Crippen molar-refractivity contribution in [2.75, 3.05) is 38.2 Å². The lowest BCUT2D eigenvalue weighted by molar-refractivity contribution is -0.122. The van der Waals surface area contributed by atoms with Crippen LogP contribution in [0.4, 0.5) is 5.69 Å². The quantitative estimate of drug-likeness (QED) is 0.754. The monoisotopic (exact) mass is 424 g/mol. The first-order chi connectivity index (χ1) is 15.2. The van der Waals surface area contributed by atoms with Crippen LogP contribution in [0.3, 0.4) is 0 Å². The molecule has 2 aliphatic heterocycles. The summed E-state index contributed by atoms with van der Waals surface area (Å²) in [7, 11) is 1.79. The number of carbonyl (C=O) groups is 1. The SMILES string of the molecule is COc1ccccc1C1CCN([C@@H]2CCC3(C2)CN(c2cncnc2)C3)CC1.O=CO. The van der Waals surface area contributed by atoms with Gasteiger partial charge < -0.3 is 19.6 Å². The minimum absolute atomic E-state index is 0.250. The number of aromatic nitrogens is 2. The standard InChI is InChI=1S/C23H30N4O.CH2O2/c1-28-22-5-3-2-4-21(22)18-7-10-26(11-8-18)19-6-9-23(12-19)15-27(16-23)20-13-24-17-25-14-20;2-1-3/h2-5,13-14,17-19H,6-12,15-16H2,1H3;1H,(H,2,3)/t19-;/m1./s1. The van der Waals surface area contributed by atoms with E-state index in [0.717, 1.165) is 11.8 Å². The van der Waals surface area contributed by atoms with Crippen LogP contribution >= 0.6 is 0 Å². The summed E-state index contributed by atoms with van der Waals surface area (Å²) in [6.45, 7) is 4.54. The summed E-state index contributed by atoms with van der Waals surface area (Å²) in [5.74, 6) is 1.69. The number of benzene rings is 1. The molecule has 1 saturated carbocycles. The number of likely N-dealkylation sites (tertiary alicyclic amines) is 1. The second-order valence-corrected chi connectivity index (χ2v) is 9.01. The van der Waals surface area contributed by atoms with Crippen LogP contribution in [0, 0.1) is 5.41 Å². The van der Waals surface area contributed by atoms with Gasteiger partial charge in [-0.15, -0.1) is 0 Å². The Kier molecular flexibility index (Phi) is 6.70. The van der Waals surface area contributed by atoms with Gasteiger partial charge in [0.15, 0.2) is 0 Å². The Morgan fingerprint density at radius 3 is 2.48 bits per heavy atom. The molecule has 0 radical (unpaired) electrons. The summed E-state index contributed by atoms with van der Waals surface area (Å²) in [6, 6.07) is 9.33. The smallest absolute Gasteiger partial charge is 0.290 e. The maximum absolute atomic E-state index is 8.36. The normalized spacial score (nSPS) is 23.0. The lowest BCUT2D eigenvalue weighted by Crippen LogP contribution is -2.56. The van der Waals surface area contributed by atoms with Crippen LogP contribution in [0.5, 0.6) is 5.75 Å². The van der Waals surface area contributed by atoms with Crippen LogP contribution in [0.2, 0.25) is 0 Å². The molecule has 2 saturated heterocycles. The number of anilines is 1. The molecule has 166 valence electrons. The van der Waals surface area contributed by atoms with Crippen molar-refractivity contribution in [3.05, 3.63) is 48.5 Å². The fourth-order valence-electron chi connectivity index (χ4n) is 5.76. The molecule has 3 aliphatic rings. The van der Waals surface area contributed by atoms with Gasteiger partial charge in [0.2, 0.25) is 0 Å². The third kappa shape index (κ3) is 4.66. The summed E-state index contributed by atoms with van der Waals surface area (Å²) in [5.41, 5.74) is 3.10. The van der Waals surface area contributed by atoms with Gasteiger partial charge in [0, 0.05) is 24.5 Å². The number of nitrogens with zero attached hydrogens (tertiary/aromatic N) is 4. The van der Waals surface area contributed by atoms with Gasteiger partial charge in [0.05, 0.1) is 25.2 Å². The number of hydrogen-bond acceptors (Lipinski definition) is 6. The van der Waals surface area contributed by atoms with Crippen molar-refractivity contribution >= 4 is 12.2 Å². The lowest BCUT2D eigenvalue weighted by Gasteiger charge is -2.50. The molecule has 1 aromatic carbocycles. The molecule has 1 aliphatic carbocycles. The van der Waals surface area contributed by atoms with Crippen LogP contribution in [-0.2, 0) is 4.79 Å². The molecule has 0 amide bonds. The third-order valence-corrected chi connectivity index (χ3v) is 7.27. The van der Waals surface area contributed by atoms with Gasteiger partial charge in [-0.1, -0.05) is 18.2 Å². The number of para-hydroxylation sites is 1. The zero-order chi connectivity index (χ0) is 21.7. The highest BCUT2D eigenvalue weighted by Crippen LogP contribution is 2.49. The number of ether oxygens (including phenoxy) is 1. The fourth-order valence-corrected chi connectivity index (χ4v) is 5.76. The molecule has 31 heavy (non-hydrogen) atoms. The molecular weight excluding hydrogens is 392 g/mol. The van der Waals surface area contributed by atoms with E-state index in [9.17, 15) is 0 Å². The molecule has 7 heteroatoms. The predicted octanol–water partition coefficient (Wildman–Crippen LogP) is 3.42. The fraction of sp³-hybridized carbons (Fsp3) is 0.542. The topological polar surface area (TPSA) is 78.8 Å².